The fraction of sp³-hybridized carbons (Fsp3) is 0.261. The number of fused-ring (bicyclic) bond motifs is 1. The molecule has 0 saturated carbocycles. The summed E-state index contributed by atoms with van der Waals surface area (Å²) < 4.78 is 46.6. The van der Waals surface area contributed by atoms with Crippen molar-refractivity contribution in [2.75, 3.05) is 5.32 Å². The molecule has 0 aliphatic carbocycles. The van der Waals surface area contributed by atoms with E-state index < -0.39 is 17.6 Å². The molecular weight excluding hydrogens is 421 g/mol. The lowest BCUT2D eigenvalue weighted by atomic mass is 9.95. The predicted molar refractivity (Wildman–Crippen MR) is 114 cm³/mol. The Hall–Kier alpha value is -3.62. The van der Waals surface area contributed by atoms with Gasteiger partial charge in [-0.2, -0.15) is 18.3 Å². The van der Waals surface area contributed by atoms with E-state index in [4.69, 9.17) is 4.42 Å². The van der Waals surface area contributed by atoms with Crippen molar-refractivity contribution in [1.82, 2.24) is 14.8 Å². The van der Waals surface area contributed by atoms with Gasteiger partial charge in [0.1, 0.15) is 18.2 Å². The summed E-state index contributed by atoms with van der Waals surface area (Å²) in [5.41, 5.74) is 2.96. The highest BCUT2D eigenvalue weighted by Crippen LogP contribution is 2.34. The quantitative estimate of drug-likeness (QED) is 0.434. The second-order valence-electron chi connectivity index (χ2n) is 7.92. The topological polar surface area (TPSA) is 73.0 Å². The van der Waals surface area contributed by atoms with Crippen LogP contribution in [0, 0.1) is 6.92 Å². The number of carbonyl (C=O) groups is 1. The van der Waals surface area contributed by atoms with E-state index in [1.54, 1.807) is 0 Å². The molecule has 1 N–H and O–H groups in total. The molecule has 4 aromatic rings. The summed E-state index contributed by atoms with van der Waals surface area (Å²) in [6.07, 6.45) is -0.488. The molecule has 0 aliphatic rings. The third-order valence-corrected chi connectivity index (χ3v) is 5.28. The molecular formula is C23H21F3N4O2. The normalized spacial score (nSPS) is 12.0. The molecule has 2 aromatic carbocycles. The Bertz CT molecular complexity index is 1270. The lowest BCUT2D eigenvalue weighted by Crippen LogP contribution is -2.17. The largest absolute Gasteiger partial charge is 0.464 e. The zero-order valence-corrected chi connectivity index (χ0v) is 17.7. The first kappa shape index (κ1) is 21.6. The first-order valence-electron chi connectivity index (χ1n) is 10.00. The smallest absolute Gasteiger partial charge is 0.416 e. The number of benzene rings is 2. The van der Waals surface area contributed by atoms with Gasteiger partial charge < -0.3 is 9.73 Å². The molecule has 32 heavy (non-hydrogen) atoms. The molecule has 1 amide bonds. The van der Waals surface area contributed by atoms with E-state index in [0.29, 0.717) is 17.1 Å². The van der Waals surface area contributed by atoms with Crippen molar-refractivity contribution >= 4 is 22.6 Å². The minimum Gasteiger partial charge on any atom is -0.464 e. The van der Waals surface area contributed by atoms with Gasteiger partial charge in [0.25, 0.3) is 0 Å². The summed E-state index contributed by atoms with van der Waals surface area (Å²) in [4.78, 5) is 16.6. The highest BCUT2D eigenvalue weighted by molar-refractivity contribution is 5.97. The Morgan fingerprint density at radius 3 is 2.66 bits per heavy atom. The third kappa shape index (κ3) is 4.23. The maximum Gasteiger partial charge on any atom is 0.416 e. The van der Waals surface area contributed by atoms with Crippen molar-refractivity contribution in [2.45, 2.75) is 39.3 Å². The zero-order chi connectivity index (χ0) is 23.0. The third-order valence-electron chi connectivity index (χ3n) is 5.28. The van der Waals surface area contributed by atoms with Crippen LogP contribution in [0.1, 0.15) is 42.0 Å². The molecule has 2 heterocycles. The number of aromatic nitrogens is 3. The molecule has 0 spiro atoms. The predicted octanol–water partition coefficient (Wildman–Crippen LogP) is 5.65. The Morgan fingerprint density at radius 1 is 1.22 bits per heavy atom. The SMILES string of the molecule is Cc1cc2occ(CC(=O)Nc3cc(C(F)(F)F)ccc3-n3cncn3)c2cc1C(C)C. The van der Waals surface area contributed by atoms with Crippen molar-refractivity contribution in [3.8, 4) is 5.69 Å². The van der Waals surface area contributed by atoms with E-state index in [0.717, 1.165) is 28.6 Å². The van der Waals surface area contributed by atoms with Crippen LogP contribution in [0.3, 0.4) is 0 Å². The lowest BCUT2D eigenvalue weighted by Gasteiger charge is -2.14. The fourth-order valence-corrected chi connectivity index (χ4v) is 3.72. The van der Waals surface area contributed by atoms with Crippen LogP contribution < -0.4 is 5.32 Å². The van der Waals surface area contributed by atoms with Crippen LogP contribution in [0.2, 0.25) is 0 Å². The number of alkyl halides is 3. The van der Waals surface area contributed by atoms with Gasteiger partial charge in [0.05, 0.1) is 29.6 Å². The number of hydrogen-bond acceptors (Lipinski definition) is 4. The van der Waals surface area contributed by atoms with Crippen LogP contribution in [0.4, 0.5) is 18.9 Å². The second-order valence-corrected chi connectivity index (χ2v) is 7.92. The average Bonchev–Trinajstić information content (AvgIpc) is 3.37. The summed E-state index contributed by atoms with van der Waals surface area (Å²) in [6, 6.07) is 7.01. The van der Waals surface area contributed by atoms with Gasteiger partial charge in [0.2, 0.25) is 5.91 Å². The number of anilines is 1. The molecule has 6 nitrogen and oxygen atoms in total. The minimum absolute atomic E-state index is 0.0122. The van der Waals surface area contributed by atoms with E-state index in [-0.39, 0.29) is 17.8 Å². The highest BCUT2D eigenvalue weighted by atomic mass is 19.4. The maximum atomic E-state index is 13.2. The molecule has 0 bridgehead atoms. The van der Waals surface area contributed by atoms with Gasteiger partial charge in [-0.25, -0.2) is 9.67 Å². The molecule has 0 atom stereocenters. The van der Waals surface area contributed by atoms with Gasteiger partial charge >= 0.3 is 6.18 Å². The zero-order valence-electron chi connectivity index (χ0n) is 17.7. The molecule has 166 valence electrons. The monoisotopic (exact) mass is 442 g/mol. The molecule has 9 heteroatoms. The van der Waals surface area contributed by atoms with Crippen molar-refractivity contribution in [1.29, 1.82) is 0 Å². The van der Waals surface area contributed by atoms with Gasteiger partial charge in [-0.1, -0.05) is 13.8 Å². The molecule has 2 aromatic heterocycles. The fourth-order valence-electron chi connectivity index (χ4n) is 3.72. The number of aryl methyl sites for hydroxylation is 1. The van der Waals surface area contributed by atoms with Crippen molar-refractivity contribution in [3.63, 3.8) is 0 Å². The summed E-state index contributed by atoms with van der Waals surface area (Å²) in [5.74, 6) is -0.175. The Morgan fingerprint density at radius 2 is 2.00 bits per heavy atom. The van der Waals surface area contributed by atoms with Crippen molar-refractivity contribution in [2.24, 2.45) is 0 Å². The average molecular weight is 442 g/mol. The van der Waals surface area contributed by atoms with Crippen LogP contribution in [-0.2, 0) is 17.4 Å². The van der Waals surface area contributed by atoms with Crippen LogP contribution in [0.25, 0.3) is 16.7 Å². The highest BCUT2D eigenvalue weighted by Gasteiger charge is 2.31. The first-order chi connectivity index (χ1) is 15.1. The number of halogens is 3. The van der Waals surface area contributed by atoms with Crippen LogP contribution in [0.5, 0.6) is 0 Å². The molecule has 4 rings (SSSR count). The number of amides is 1. The Balaban J connectivity index is 1.65. The van der Waals surface area contributed by atoms with E-state index in [9.17, 15) is 18.0 Å². The van der Waals surface area contributed by atoms with Crippen LogP contribution in [0.15, 0.2) is 53.7 Å². The second kappa shape index (κ2) is 8.14. The molecule has 0 unspecified atom stereocenters. The van der Waals surface area contributed by atoms with E-state index >= 15 is 0 Å². The number of carbonyl (C=O) groups excluding carboxylic acids is 1. The maximum absolute atomic E-state index is 13.2. The van der Waals surface area contributed by atoms with E-state index in [1.807, 2.05) is 19.1 Å². The van der Waals surface area contributed by atoms with E-state index in [1.165, 1.54) is 29.7 Å². The minimum atomic E-state index is -4.55. The lowest BCUT2D eigenvalue weighted by molar-refractivity contribution is -0.137. The summed E-state index contributed by atoms with van der Waals surface area (Å²) in [5, 5.41) is 7.36. The Kier molecular flexibility index (Phi) is 5.50. The van der Waals surface area contributed by atoms with Crippen LogP contribution >= 0.6 is 0 Å². The number of hydrogen-bond donors (Lipinski definition) is 1. The van der Waals surface area contributed by atoms with Gasteiger partial charge in [-0.15, -0.1) is 0 Å². The van der Waals surface area contributed by atoms with Gasteiger partial charge in [-0.05, 0) is 54.3 Å². The Labute approximate surface area is 182 Å². The first-order valence-corrected chi connectivity index (χ1v) is 10.00. The molecule has 0 aliphatic heterocycles. The molecule has 0 saturated heterocycles. The van der Waals surface area contributed by atoms with Gasteiger partial charge in [-0.3, -0.25) is 4.79 Å². The number of furan rings is 1. The number of rotatable bonds is 5. The van der Waals surface area contributed by atoms with Gasteiger partial charge in [0.15, 0.2) is 0 Å². The summed E-state index contributed by atoms with van der Waals surface area (Å²) >= 11 is 0. The van der Waals surface area contributed by atoms with Crippen LogP contribution in [-0.4, -0.2) is 20.7 Å². The van der Waals surface area contributed by atoms with Crippen molar-refractivity contribution in [3.05, 3.63) is 71.5 Å². The number of nitrogens with zero attached hydrogens (tertiary/aromatic N) is 3. The molecule has 0 fully saturated rings. The summed E-state index contributed by atoms with van der Waals surface area (Å²) in [6.45, 7) is 6.17. The molecule has 0 radical (unpaired) electrons. The number of nitrogens with one attached hydrogen (secondary N) is 1. The standard InChI is InChI=1S/C23H21F3N4O2/c1-13(2)17-9-18-15(10-32-21(18)6-14(17)3)7-22(31)29-19-8-16(23(24,25)26)4-5-20(19)30-12-27-11-28-30/h4-6,8-13H,7H2,1-3H3,(H,29,31). The van der Waals surface area contributed by atoms with E-state index in [2.05, 4.69) is 29.2 Å². The van der Waals surface area contributed by atoms with Crippen molar-refractivity contribution < 1.29 is 22.4 Å². The van der Waals surface area contributed by atoms with Gasteiger partial charge in [0, 0.05) is 10.9 Å². The summed E-state index contributed by atoms with van der Waals surface area (Å²) in [7, 11) is 0.